The van der Waals surface area contributed by atoms with Crippen molar-refractivity contribution in [3.05, 3.63) is 58.1 Å². The van der Waals surface area contributed by atoms with Crippen LogP contribution in [0.2, 0.25) is 0 Å². The number of nitro benzene ring substituents is 1. The van der Waals surface area contributed by atoms with Gasteiger partial charge in [0.25, 0.3) is 0 Å². The molecule has 0 saturated carbocycles. The fourth-order valence-corrected chi connectivity index (χ4v) is 2.12. The van der Waals surface area contributed by atoms with Crippen LogP contribution < -0.4 is 14.8 Å². The monoisotopic (exact) mass is 370 g/mol. The maximum absolute atomic E-state index is 12.1. The van der Waals surface area contributed by atoms with Crippen LogP contribution in [0, 0.1) is 10.1 Å². The van der Waals surface area contributed by atoms with Crippen molar-refractivity contribution < 1.29 is 27.6 Å². The van der Waals surface area contributed by atoms with Crippen LogP contribution in [0.5, 0.6) is 11.5 Å². The molecule has 2 aromatic carbocycles. The first kappa shape index (κ1) is 19.4. The van der Waals surface area contributed by atoms with Crippen LogP contribution in [-0.4, -0.2) is 24.3 Å². The molecular weight excluding hydrogens is 353 g/mol. The summed E-state index contributed by atoms with van der Waals surface area (Å²) < 4.78 is 46.2. The number of alkyl halides is 3. The Hall–Kier alpha value is -2.97. The lowest BCUT2D eigenvalue weighted by molar-refractivity contribution is -0.385. The van der Waals surface area contributed by atoms with E-state index in [2.05, 4.69) is 10.1 Å². The molecule has 0 aromatic heterocycles. The standard InChI is InChI=1S/C17H17F3N2O4/c1-2-25-16-9-13(5-8-15(16)22(23)24)21-10-12-3-6-14(7-4-12)26-11-17(18,19)20/h3-9,21H,2,10-11H2,1H3. The van der Waals surface area contributed by atoms with Crippen molar-refractivity contribution in [3.8, 4) is 11.5 Å². The van der Waals surface area contributed by atoms with Gasteiger partial charge in [-0.05, 0) is 30.7 Å². The Bertz CT molecular complexity index is 749. The minimum atomic E-state index is -4.38. The summed E-state index contributed by atoms with van der Waals surface area (Å²) >= 11 is 0. The molecule has 2 aromatic rings. The summed E-state index contributed by atoms with van der Waals surface area (Å²) in [5.41, 5.74) is 1.31. The first-order valence-corrected chi connectivity index (χ1v) is 7.72. The fourth-order valence-electron chi connectivity index (χ4n) is 2.12. The number of benzene rings is 2. The lowest BCUT2D eigenvalue weighted by Gasteiger charge is -2.11. The largest absolute Gasteiger partial charge is 0.487 e. The summed E-state index contributed by atoms with van der Waals surface area (Å²) in [6, 6.07) is 10.6. The van der Waals surface area contributed by atoms with Crippen LogP contribution in [0.3, 0.4) is 0 Å². The highest BCUT2D eigenvalue weighted by molar-refractivity contribution is 5.58. The van der Waals surface area contributed by atoms with Crippen molar-refractivity contribution in [2.24, 2.45) is 0 Å². The summed E-state index contributed by atoms with van der Waals surface area (Å²) in [7, 11) is 0. The van der Waals surface area contributed by atoms with Crippen LogP contribution in [0.25, 0.3) is 0 Å². The normalized spacial score (nSPS) is 11.1. The molecule has 1 N–H and O–H groups in total. The zero-order chi connectivity index (χ0) is 19.2. The minimum Gasteiger partial charge on any atom is -0.487 e. The minimum absolute atomic E-state index is 0.122. The van der Waals surface area contributed by atoms with Gasteiger partial charge in [0.05, 0.1) is 11.5 Å². The quantitative estimate of drug-likeness (QED) is 0.545. The molecule has 9 heteroatoms. The number of hydrogen-bond acceptors (Lipinski definition) is 5. The molecule has 26 heavy (non-hydrogen) atoms. The second-order valence-corrected chi connectivity index (χ2v) is 5.27. The highest BCUT2D eigenvalue weighted by Crippen LogP contribution is 2.30. The topological polar surface area (TPSA) is 73.6 Å². The van der Waals surface area contributed by atoms with E-state index >= 15 is 0 Å². The van der Waals surface area contributed by atoms with E-state index in [1.54, 1.807) is 25.1 Å². The SMILES string of the molecule is CCOc1cc(NCc2ccc(OCC(F)(F)F)cc2)ccc1[N+](=O)[O-]. The Morgan fingerprint density at radius 3 is 2.38 bits per heavy atom. The predicted octanol–water partition coefficient (Wildman–Crippen LogP) is 4.55. The van der Waals surface area contributed by atoms with Gasteiger partial charge in [-0.25, -0.2) is 0 Å². The smallest absolute Gasteiger partial charge is 0.422 e. The van der Waals surface area contributed by atoms with E-state index in [1.165, 1.54) is 24.3 Å². The summed E-state index contributed by atoms with van der Waals surface area (Å²) in [4.78, 5) is 10.4. The lowest BCUT2D eigenvalue weighted by Crippen LogP contribution is -2.19. The van der Waals surface area contributed by atoms with Gasteiger partial charge < -0.3 is 14.8 Å². The molecule has 0 fully saturated rings. The second kappa shape index (κ2) is 8.41. The first-order valence-electron chi connectivity index (χ1n) is 7.72. The third kappa shape index (κ3) is 5.83. The van der Waals surface area contributed by atoms with Crippen molar-refractivity contribution in [1.29, 1.82) is 0 Å². The molecule has 0 atom stereocenters. The van der Waals surface area contributed by atoms with Gasteiger partial charge in [0.2, 0.25) is 0 Å². The van der Waals surface area contributed by atoms with Gasteiger partial charge in [0.1, 0.15) is 5.75 Å². The molecule has 0 spiro atoms. The molecule has 140 valence electrons. The second-order valence-electron chi connectivity index (χ2n) is 5.27. The van der Waals surface area contributed by atoms with Gasteiger partial charge in [-0.3, -0.25) is 10.1 Å². The molecule has 0 amide bonds. The number of rotatable bonds is 8. The number of nitro groups is 1. The van der Waals surface area contributed by atoms with E-state index in [0.29, 0.717) is 18.8 Å². The number of halogens is 3. The predicted molar refractivity (Wildman–Crippen MR) is 89.6 cm³/mol. The average molecular weight is 370 g/mol. The van der Waals surface area contributed by atoms with Crippen molar-refractivity contribution in [2.45, 2.75) is 19.6 Å². The van der Waals surface area contributed by atoms with Gasteiger partial charge in [0.15, 0.2) is 12.4 Å². The van der Waals surface area contributed by atoms with Gasteiger partial charge in [-0.1, -0.05) is 12.1 Å². The molecule has 0 bridgehead atoms. The molecule has 0 unspecified atom stereocenters. The zero-order valence-corrected chi connectivity index (χ0v) is 13.9. The van der Waals surface area contributed by atoms with Crippen LogP contribution in [0.1, 0.15) is 12.5 Å². The summed E-state index contributed by atoms with van der Waals surface area (Å²) in [5.74, 6) is 0.290. The van der Waals surface area contributed by atoms with E-state index in [0.717, 1.165) is 5.56 Å². The zero-order valence-electron chi connectivity index (χ0n) is 13.9. The van der Waals surface area contributed by atoms with E-state index in [4.69, 9.17) is 4.74 Å². The van der Waals surface area contributed by atoms with Crippen LogP contribution in [0.15, 0.2) is 42.5 Å². The van der Waals surface area contributed by atoms with Crippen LogP contribution in [0.4, 0.5) is 24.5 Å². The van der Waals surface area contributed by atoms with E-state index in [-0.39, 0.29) is 17.2 Å². The molecule has 0 aliphatic heterocycles. The van der Waals surface area contributed by atoms with E-state index in [1.807, 2.05) is 0 Å². The molecule has 0 heterocycles. The summed E-state index contributed by atoms with van der Waals surface area (Å²) in [5, 5.41) is 14.0. The first-order chi connectivity index (χ1) is 12.3. The molecule has 0 aliphatic rings. The summed E-state index contributed by atoms with van der Waals surface area (Å²) in [6.45, 7) is 1.06. The average Bonchev–Trinajstić information content (AvgIpc) is 2.58. The van der Waals surface area contributed by atoms with Crippen LogP contribution in [-0.2, 0) is 6.54 Å². The Balaban J connectivity index is 1.98. The Morgan fingerprint density at radius 1 is 1.12 bits per heavy atom. The maximum atomic E-state index is 12.1. The molecule has 6 nitrogen and oxygen atoms in total. The fraction of sp³-hybridized carbons (Fsp3) is 0.294. The maximum Gasteiger partial charge on any atom is 0.422 e. The van der Waals surface area contributed by atoms with Crippen molar-refractivity contribution in [3.63, 3.8) is 0 Å². The molecular formula is C17H17F3N2O4. The van der Waals surface area contributed by atoms with Crippen molar-refractivity contribution in [2.75, 3.05) is 18.5 Å². The highest BCUT2D eigenvalue weighted by Gasteiger charge is 2.28. The highest BCUT2D eigenvalue weighted by atomic mass is 19.4. The number of hydrogen-bond donors (Lipinski definition) is 1. The molecule has 2 rings (SSSR count). The lowest BCUT2D eigenvalue weighted by atomic mass is 10.2. The van der Waals surface area contributed by atoms with Crippen LogP contribution >= 0.6 is 0 Å². The number of ether oxygens (including phenoxy) is 2. The summed E-state index contributed by atoms with van der Waals surface area (Å²) in [6.07, 6.45) is -4.38. The van der Waals surface area contributed by atoms with Crippen molar-refractivity contribution in [1.82, 2.24) is 0 Å². The van der Waals surface area contributed by atoms with Gasteiger partial charge in [-0.15, -0.1) is 0 Å². The van der Waals surface area contributed by atoms with Gasteiger partial charge in [0, 0.05) is 24.4 Å². The number of nitrogens with zero attached hydrogens (tertiary/aromatic N) is 1. The molecule has 0 saturated heterocycles. The van der Waals surface area contributed by atoms with Gasteiger partial charge >= 0.3 is 11.9 Å². The van der Waals surface area contributed by atoms with Crippen molar-refractivity contribution >= 4 is 11.4 Å². The Kier molecular flexibility index (Phi) is 6.26. The Morgan fingerprint density at radius 2 is 1.81 bits per heavy atom. The third-order valence-corrected chi connectivity index (χ3v) is 3.28. The van der Waals surface area contributed by atoms with Gasteiger partial charge in [-0.2, -0.15) is 13.2 Å². The van der Waals surface area contributed by atoms with E-state index < -0.39 is 17.7 Å². The third-order valence-electron chi connectivity index (χ3n) is 3.28. The molecule has 0 radical (unpaired) electrons. The van der Waals surface area contributed by atoms with E-state index in [9.17, 15) is 23.3 Å². The Labute approximate surface area is 147 Å². The number of anilines is 1. The number of nitrogens with one attached hydrogen (secondary N) is 1. The molecule has 0 aliphatic carbocycles.